The fraction of sp³-hybridized carbons (Fsp3) is 0.864. The number of rotatable bonds is 1. The van der Waals surface area contributed by atoms with Crippen molar-refractivity contribution in [2.45, 2.75) is 77.4 Å². The molecule has 4 rings (SSSR count). The van der Waals surface area contributed by atoms with Gasteiger partial charge in [0.15, 0.2) is 0 Å². The molecule has 4 aliphatic rings. The Hall–Kier alpha value is -0.870. The molecular weight excluding hydrogens is 328 g/mol. The molecule has 0 spiro atoms. The van der Waals surface area contributed by atoms with Crippen LogP contribution in [-0.4, -0.2) is 35.5 Å². The van der Waals surface area contributed by atoms with Crippen molar-refractivity contribution in [3.8, 4) is 0 Å². The van der Waals surface area contributed by atoms with E-state index in [4.69, 9.17) is 4.74 Å². The maximum atomic E-state index is 11.6. The molecule has 4 fully saturated rings. The van der Waals surface area contributed by atoms with Crippen LogP contribution in [0.4, 0.5) is 0 Å². The Bertz CT molecular complexity index is 613. The Morgan fingerprint density at radius 2 is 1.81 bits per heavy atom. The maximum Gasteiger partial charge on any atom is 0.330 e. The van der Waals surface area contributed by atoms with Crippen LogP contribution < -0.4 is 0 Å². The van der Waals surface area contributed by atoms with Crippen molar-refractivity contribution in [3.05, 3.63) is 11.6 Å². The van der Waals surface area contributed by atoms with Gasteiger partial charge in [-0.05, 0) is 85.9 Å². The van der Waals surface area contributed by atoms with Crippen molar-refractivity contribution in [3.63, 3.8) is 0 Å². The van der Waals surface area contributed by atoms with Gasteiger partial charge in [-0.3, -0.25) is 0 Å². The maximum absolute atomic E-state index is 11.6. The Morgan fingerprint density at radius 3 is 2.54 bits per heavy atom. The molecule has 4 saturated carbocycles. The van der Waals surface area contributed by atoms with E-state index in [1.807, 2.05) is 0 Å². The first kappa shape index (κ1) is 18.5. The minimum absolute atomic E-state index is 0.0503. The number of carbonyl (C=O) groups excluding carboxylic acids is 1. The second kappa shape index (κ2) is 6.34. The summed E-state index contributed by atoms with van der Waals surface area (Å²) in [5, 5.41) is 21.6. The summed E-state index contributed by atoms with van der Waals surface area (Å²) in [7, 11) is 1.42. The zero-order valence-corrected chi connectivity index (χ0v) is 16.4. The van der Waals surface area contributed by atoms with E-state index in [0.29, 0.717) is 17.8 Å². The van der Waals surface area contributed by atoms with Gasteiger partial charge in [-0.15, -0.1) is 0 Å². The number of carbonyl (C=O) groups is 1. The van der Waals surface area contributed by atoms with Gasteiger partial charge in [0, 0.05) is 6.08 Å². The molecule has 4 heteroatoms. The first-order chi connectivity index (χ1) is 12.3. The molecule has 0 bridgehead atoms. The van der Waals surface area contributed by atoms with Crippen LogP contribution in [0.5, 0.6) is 0 Å². The fourth-order valence-corrected chi connectivity index (χ4v) is 7.48. The number of aliphatic hydroxyl groups excluding tert-OH is 2. The number of methoxy groups -OCH3 is 1. The quantitative estimate of drug-likeness (QED) is 0.554. The zero-order chi connectivity index (χ0) is 18.7. The number of aliphatic hydroxyl groups is 2. The summed E-state index contributed by atoms with van der Waals surface area (Å²) in [6.45, 7) is 4.67. The number of hydrogen-bond acceptors (Lipinski definition) is 4. The molecule has 0 aromatic rings. The van der Waals surface area contributed by atoms with Gasteiger partial charge in [0.25, 0.3) is 0 Å². The van der Waals surface area contributed by atoms with Crippen LogP contribution in [0.15, 0.2) is 11.6 Å². The summed E-state index contributed by atoms with van der Waals surface area (Å²) in [5.41, 5.74) is 1.33. The molecule has 0 saturated heterocycles. The number of hydrogen-bond donors (Lipinski definition) is 2. The second-order valence-electron chi connectivity index (χ2n) is 9.96. The van der Waals surface area contributed by atoms with Crippen LogP contribution in [0.2, 0.25) is 0 Å². The third-order valence-corrected chi connectivity index (χ3v) is 9.05. The lowest BCUT2D eigenvalue weighted by molar-refractivity contribution is -0.157. The summed E-state index contributed by atoms with van der Waals surface area (Å²) in [5.74, 6) is 1.69. The fourth-order valence-electron chi connectivity index (χ4n) is 7.48. The molecule has 8 atom stereocenters. The SMILES string of the molecule is COC(=O)/C=C1\CC[C@@]2(C)C(C1)C(O)C[C@@H]1[C@H]2CC[C@]2(C)C(O)CC[C@@H]12. The second-order valence-corrected chi connectivity index (χ2v) is 9.96. The van der Waals surface area contributed by atoms with Crippen LogP contribution in [0, 0.1) is 34.5 Å². The van der Waals surface area contributed by atoms with Crippen molar-refractivity contribution in [2.24, 2.45) is 34.5 Å². The predicted molar refractivity (Wildman–Crippen MR) is 99.2 cm³/mol. The first-order valence-corrected chi connectivity index (χ1v) is 10.4. The van der Waals surface area contributed by atoms with E-state index in [0.717, 1.165) is 50.5 Å². The minimum atomic E-state index is -0.303. The molecule has 4 aliphatic carbocycles. The molecule has 0 aliphatic heterocycles. The third-order valence-electron chi connectivity index (χ3n) is 9.05. The molecule has 0 radical (unpaired) electrons. The average Bonchev–Trinajstić information content (AvgIpc) is 2.91. The van der Waals surface area contributed by atoms with Gasteiger partial charge >= 0.3 is 5.97 Å². The molecule has 0 amide bonds. The van der Waals surface area contributed by atoms with E-state index >= 15 is 0 Å². The molecule has 0 aromatic heterocycles. The average molecular weight is 363 g/mol. The highest BCUT2D eigenvalue weighted by molar-refractivity contribution is 5.82. The Labute approximate surface area is 157 Å². The standard InChI is InChI=1S/C22H34O4/c1-21-8-6-13(11-20(25)26-3)10-17(21)18(23)12-14-15-4-5-19(24)22(15,2)9-7-16(14)21/h11,14-19,23-24H,4-10,12H2,1-3H3/b13-11+/t14-,15-,16+,17?,18?,19?,21+,22-/m0/s1. The molecule has 2 N–H and O–H groups in total. The lowest BCUT2D eigenvalue weighted by Gasteiger charge is -2.61. The molecule has 0 heterocycles. The molecule has 0 aromatic carbocycles. The number of fused-ring (bicyclic) bond motifs is 5. The highest BCUT2D eigenvalue weighted by Crippen LogP contribution is 2.66. The number of ether oxygens (including phenoxy) is 1. The minimum Gasteiger partial charge on any atom is -0.466 e. The number of esters is 1. The first-order valence-electron chi connectivity index (χ1n) is 10.4. The molecule has 26 heavy (non-hydrogen) atoms. The van der Waals surface area contributed by atoms with E-state index in [2.05, 4.69) is 13.8 Å². The highest BCUT2D eigenvalue weighted by atomic mass is 16.5. The highest BCUT2D eigenvalue weighted by Gasteiger charge is 2.61. The van der Waals surface area contributed by atoms with Gasteiger partial charge < -0.3 is 14.9 Å². The van der Waals surface area contributed by atoms with Crippen LogP contribution >= 0.6 is 0 Å². The van der Waals surface area contributed by atoms with Crippen LogP contribution in [-0.2, 0) is 9.53 Å². The lowest BCUT2D eigenvalue weighted by Crippen LogP contribution is -2.57. The van der Waals surface area contributed by atoms with Crippen molar-refractivity contribution in [2.75, 3.05) is 7.11 Å². The molecule has 4 nitrogen and oxygen atoms in total. The van der Waals surface area contributed by atoms with E-state index in [-0.39, 0.29) is 34.9 Å². The van der Waals surface area contributed by atoms with E-state index in [1.165, 1.54) is 13.5 Å². The largest absolute Gasteiger partial charge is 0.466 e. The van der Waals surface area contributed by atoms with Crippen molar-refractivity contribution in [1.82, 2.24) is 0 Å². The van der Waals surface area contributed by atoms with Gasteiger partial charge in [0.05, 0.1) is 19.3 Å². The summed E-state index contributed by atoms with van der Waals surface area (Å²) >= 11 is 0. The van der Waals surface area contributed by atoms with Gasteiger partial charge in [0.2, 0.25) is 0 Å². The zero-order valence-electron chi connectivity index (χ0n) is 16.4. The summed E-state index contributed by atoms with van der Waals surface area (Å²) in [6.07, 6.45) is 9.15. The Morgan fingerprint density at radius 1 is 1.08 bits per heavy atom. The van der Waals surface area contributed by atoms with Crippen molar-refractivity contribution >= 4 is 5.97 Å². The smallest absolute Gasteiger partial charge is 0.330 e. The van der Waals surface area contributed by atoms with Gasteiger partial charge in [-0.2, -0.15) is 0 Å². The molecule has 146 valence electrons. The van der Waals surface area contributed by atoms with Crippen LogP contribution in [0.1, 0.15) is 65.2 Å². The summed E-state index contributed by atoms with van der Waals surface area (Å²) < 4.78 is 4.79. The van der Waals surface area contributed by atoms with Gasteiger partial charge in [0.1, 0.15) is 0 Å². The van der Waals surface area contributed by atoms with Crippen LogP contribution in [0.3, 0.4) is 0 Å². The molecule has 3 unspecified atom stereocenters. The monoisotopic (exact) mass is 362 g/mol. The van der Waals surface area contributed by atoms with E-state index in [9.17, 15) is 15.0 Å². The predicted octanol–water partition coefficient (Wildman–Crippen LogP) is 3.46. The topological polar surface area (TPSA) is 66.8 Å². The Balaban J connectivity index is 1.60. The van der Waals surface area contributed by atoms with Crippen molar-refractivity contribution in [1.29, 1.82) is 0 Å². The van der Waals surface area contributed by atoms with Gasteiger partial charge in [-0.25, -0.2) is 4.79 Å². The van der Waals surface area contributed by atoms with E-state index in [1.54, 1.807) is 6.08 Å². The van der Waals surface area contributed by atoms with E-state index < -0.39 is 0 Å². The van der Waals surface area contributed by atoms with Gasteiger partial charge in [-0.1, -0.05) is 19.4 Å². The lowest BCUT2D eigenvalue weighted by atomic mass is 9.44. The molecular formula is C22H34O4. The number of allylic oxidation sites excluding steroid dienone is 1. The Kier molecular flexibility index (Phi) is 4.51. The third kappa shape index (κ3) is 2.59. The van der Waals surface area contributed by atoms with Crippen LogP contribution in [0.25, 0.3) is 0 Å². The summed E-state index contributed by atoms with van der Waals surface area (Å²) in [6, 6.07) is 0. The van der Waals surface area contributed by atoms with Crippen molar-refractivity contribution < 1.29 is 19.7 Å². The summed E-state index contributed by atoms with van der Waals surface area (Å²) in [4.78, 5) is 11.6. The normalized spacial score (nSPS) is 52.1.